The first kappa shape index (κ1) is 12.2. The van der Waals surface area contributed by atoms with Crippen LogP contribution in [0.25, 0.3) is 0 Å². The van der Waals surface area contributed by atoms with Gasteiger partial charge in [-0.3, -0.25) is 0 Å². The molecule has 0 aromatic heterocycles. The Balaban J connectivity index is 1.71. The van der Waals surface area contributed by atoms with Crippen molar-refractivity contribution in [2.75, 3.05) is 7.05 Å². The van der Waals surface area contributed by atoms with Crippen LogP contribution in [-0.4, -0.2) is 13.1 Å². The van der Waals surface area contributed by atoms with Crippen LogP contribution in [0.2, 0.25) is 0 Å². The molecule has 0 heterocycles. The minimum Gasteiger partial charge on any atom is -0.316 e. The zero-order chi connectivity index (χ0) is 12.5. The molecule has 3 rings (SSSR count). The van der Waals surface area contributed by atoms with Gasteiger partial charge in [0.2, 0.25) is 0 Å². The lowest BCUT2D eigenvalue weighted by atomic mass is 9.67. The second-order valence-electron chi connectivity index (χ2n) is 6.34. The topological polar surface area (TPSA) is 12.0 Å². The molecule has 98 valence electrons. The zero-order valence-electron chi connectivity index (χ0n) is 11.7. The number of hydrogen-bond donors (Lipinski definition) is 1. The molecule has 2 atom stereocenters. The maximum atomic E-state index is 3.63. The van der Waals surface area contributed by atoms with Crippen molar-refractivity contribution in [2.45, 2.75) is 51.0 Å². The Morgan fingerprint density at radius 1 is 1.11 bits per heavy atom. The van der Waals surface area contributed by atoms with Gasteiger partial charge in [-0.15, -0.1) is 0 Å². The highest BCUT2D eigenvalue weighted by atomic mass is 14.9. The molecule has 1 N–H and O–H groups in total. The van der Waals surface area contributed by atoms with Crippen LogP contribution >= 0.6 is 0 Å². The average molecular weight is 243 g/mol. The van der Waals surface area contributed by atoms with Crippen molar-refractivity contribution in [2.24, 2.45) is 11.8 Å². The Kier molecular flexibility index (Phi) is 3.43. The van der Waals surface area contributed by atoms with E-state index in [0.29, 0.717) is 6.04 Å². The van der Waals surface area contributed by atoms with Gasteiger partial charge in [0.1, 0.15) is 0 Å². The molecule has 1 aromatic carbocycles. The fourth-order valence-corrected chi connectivity index (χ4v) is 4.03. The molecule has 2 aliphatic carbocycles. The van der Waals surface area contributed by atoms with Crippen LogP contribution in [0.5, 0.6) is 0 Å². The number of rotatable bonds is 3. The van der Waals surface area contributed by atoms with E-state index in [0.717, 1.165) is 17.8 Å². The molecule has 1 nitrogen and oxygen atoms in total. The molecule has 18 heavy (non-hydrogen) atoms. The van der Waals surface area contributed by atoms with Crippen molar-refractivity contribution in [1.82, 2.24) is 5.32 Å². The van der Waals surface area contributed by atoms with E-state index in [1.165, 1.54) is 32.1 Å². The van der Waals surface area contributed by atoms with Crippen molar-refractivity contribution in [3.05, 3.63) is 35.4 Å². The summed E-state index contributed by atoms with van der Waals surface area (Å²) in [6.45, 7) is 2.41. The summed E-state index contributed by atoms with van der Waals surface area (Å²) in [5.41, 5.74) is 3.18. The fraction of sp³-hybridized carbons (Fsp3) is 0.647. The van der Waals surface area contributed by atoms with Crippen molar-refractivity contribution in [3.8, 4) is 0 Å². The standard InChI is InChI=1S/C17H25N/c1-12-7-9-13(10-8-12)17(18-2)16-11-14-5-3-4-6-15(14)16/h3-6,12-13,16-18H,7-11H2,1-2H3. The third-order valence-corrected chi connectivity index (χ3v) is 5.23. The van der Waals surface area contributed by atoms with Crippen molar-refractivity contribution in [1.29, 1.82) is 0 Å². The van der Waals surface area contributed by atoms with Gasteiger partial charge in [-0.05, 0) is 49.3 Å². The molecular weight excluding hydrogens is 218 g/mol. The first-order valence-corrected chi connectivity index (χ1v) is 7.54. The summed E-state index contributed by atoms with van der Waals surface area (Å²) in [4.78, 5) is 0. The van der Waals surface area contributed by atoms with Gasteiger partial charge in [0.25, 0.3) is 0 Å². The predicted molar refractivity (Wildman–Crippen MR) is 76.9 cm³/mol. The molecule has 1 aromatic rings. The van der Waals surface area contributed by atoms with Crippen molar-refractivity contribution in [3.63, 3.8) is 0 Å². The highest BCUT2D eigenvalue weighted by Crippen LogP contribution is 2.43. The zero-order valence-corrected chi connectivity index (χ0v) is 11.7. The monoisotopic (exact) mass is 243 g/mol. The van der Waals surface area contributed by atoms with E-state index in [1.807, 2.05) is 0 Å². The maximum absolute atomic E-state index is 3.63. The molecule has 1 heteroatoms. The van der Waals surface area contributed by atoms with E-state index in [1.54, 1.807) is 11.1 Å². The highest BCUT2D eigenvalue weighted by Gasteiger charge is 2.37. The molecule has 1 saturated carbocycles. The lowest BCUT2D eigenvalue weighted by Gasteiger charge is -2.42. The van der Waals surface area contributed by atoms with E-state index in [-0.39, 0.29) is 0 Å². The number of hydrogen-bond acceptors (Lipinski definition) is 1. The summed E-state index contributed by atoms with van der Waals surface area (Å²) in [5, 5.41) is 3.63. The average Bonchev–Trinajstić information content (AvgIpc) is 2.37. The lowest BCUT2D eigenvalue weighted by molar-refractivity contribution is 0.207. The molecule has 0 amide bonds. The summed E-state index contributed by atoms with van der Waals surface area (Å²) < 4.78 is 0. The molecule has 0 spiro atoms. The van der Waals surface area contributed by atoms with Gasteiger partial charge >= 0.3 is 0 Å². The third-order valence-electron chi connectivity index (χ3n) is 5.23. The van der Waals surface area contributed by atoms with E-state index < -0.39 is 0 Å². The van der Waals surface area contributed by atoms with Gasteiger partial charge < -0.3 is 5.32 Å². The van der Waals surface area contributed by atoms with E-state index in [4.69, 9.17) is 0 Å². The number of fused-ring (bicyclic) bond motifs is 1. The summed E-state index contributed by atoms with van der Waals surface area (Å²) in [6, 6.07) is 9.69. The van der Waals surface area contributed by atoms with Gasteiger partial charge in [-0.25, -0.2) is 0 Å². The first-order chi connectivity index (χ1) is 8.79. The quantitative estimate of drug-likeness (QED) is 0.852. The molecule has 0 saturated heterocycles. The molecular formula is C17H25N. The second-order valence-corrected chi connectivity index (χ2v) is 6.34. The largest absolute Gasteiger partial charge is 0.316 e. The summed E-state index contributed by atoms with van der Waals surface area (Å²) in [6.07, 6.45) is 6.98. The molecule has 1 fully saturated rings. The van der Waals surface area contributed by atoms with Gasteiger partial charge in [-0.1, -0.05) is 44.0 Å². The minimum atomic E-state index is 0.701. The van der Waals surface area contributed by atoms with Crippen molar-refractivity contribution >= 4 is 0 Å². The van der Waals surface area contributed by atoms with Crippen LogP contribution in [0.4, 0.5) is 0 Å². The summed E-state index contributed by atoms with van der Waals surface area (Å²) in [5.74, 6) is 2.61. The van der Waals surface area contributed by atoms with Gasteiger partial charge in [0.05, 0.1) is 0 Å². The smallest absolute Gasteiger partial charge is 0.0164 e. The lowest BCUT2D eigenvalue weighted by Crippen LogP contribution is -2.44. The molecule has 0 bridgehead atoms. The maximum Gasteiger partial charge on any atom is 0.0164 e. The third kappa shape index (κ3) is 2.09. The molecule has 0 aliphatic heterocycles. The second kappa shape index (κ2) is 5.05. The molecule has 2 aliphatic rings. The number of likely N-dealkylation sites (N-methyl/N-ethyl adjacent to an activating group) is 1. The number of nitrogens with one attached hydrogen (secondary N) is 1. The van der Waals surface area contributed by atoms with Crippen LogP contribution in [-0.2, 0) is 6.42 Å². The van der Waals surface area contributed by atoms with Crippen molar-refractivity contribution < 1.29 is 0 Å². The van der Waals surface area contributed by atoms with E-state index in [9.17, 15) is 0 Å². The van der Waals surface area contributed by atoms with Crippen LogP contribution in [0, 0.1) is 11.8 Å². The van der Waals surface area contributed by atoms with Crippen LogP contribution < -0.4 is 5.32 Å². The highest BCUT2D eigenvalue weighted by molar-refractivity contribution is 5.41. The predicted octanol–water partition coefficient (Wildman–Crippen LogP) is 3.74. The SMILES string of the molecule is CNC(C1CCC(C)CC1)C1Cc2ccccc21. The van der Waals surface area contributed by atoms with E-state index >= 15 is 0 Å². The van der Waals surface area contributed by atoms with Gasteiger partial charge in [0, 0.05) is 12.0 Å². The Labute approximate surface area is 111 Å². The summed E-state index contributed by atoms with van der Waals surface area (Å²) in [7, 11) is 2.16. The minimum absolute atomic E-state index is 0.701. The number of benzene rings is 1. The van der Waals surface area contributed by atoms with Gasteiger partial charge in [-0.2, -0.15) is 0 Å². The Bertz CT molecular complexity index is 404. The molecule has 0 radical (unpaired) electrons. The van der Waals surface area contributed by atoms with Crippen LogP contribution in [0.1, 0.15) is 49.7 Å². The Morgan fingerprint density at radius 2 is 1.83 bits per heavy atom. The van der Waals surface area contributed by atoms with Gasteiger partial charge in [0.15, 0.2) is 0 Å². The Morgan fingerprint density at radius 3 is 2.50 bits per heavy atom. The van der Waals surface area contributed by atoms with Crippen LogP contribution in [0.15, 0.2) is 24.3 Å². The van der Waals surface area contributed by atoms with Crippen LogP contribution in [0.3, 0.4) is 0 Å². The Hall–Kier alpha value is -0.820. The fourth-order valence-electron chi connectivity index (χ4n) is 4.03. The summed E-state index contributed by atoms with van der Waals surface area (Å²) >= 11 is 0. The molecule has 2 unspecified atom stereocenters. The normalized spacial score (nSPS) is 32.4. The van der Waals surface area contributed by atoms with E-state index in [2.05, 4.69) is 43.6 Å². The first-order valence-electron chi connectivity index (χ1n) is 7.54.